The van der Waals surface area contributed by atoms with Crippen LogP contribution in [0, 0.1) is 6.92 Å². The Hall–Kier alpha value is -2.60. The number of hydrogen-bond acceptors (Lipinski definition) is 5. The first-order valence-corrected chi connectivity index (χ1v) is 9.73. The maximum Gasteiger partial charge on any atom is 0.235 e. The Morgan fingerprint density at radius 1 is 1.18 bits per heavy atom. The van der Waals surface area contributed by atoms with Gasteiger partial charge in [0.05, 0.1) is 30.5 Å². The smallest absolute Gasteiger partial charge is 0.235 e. The van der Waals surface area contributed by atoms with Crippen molar-refractivity contribution < 1.29 is 19.0 Å². The molecule has 1 aromatic heterocycles. The molecule has 1 N–H and O–H groups in total. The van der Waals surface area contributed by atoms with E-state index < -0.39 is 5.41 Å². The number of nitrogens with zero attached hydrogens (tertiary/aromatic N) is 1. The molecule has 0 aliphatic carbocycles. The molecule has 1 amide bonds. The molecule has 0 unspecified atom stereocenters. The molecule has 1 fully saturated rings. The number of nitrogens with one attached hydrogen (secondary N) is 1. The predicted octanol–water partition coefficient (Wildman–Crippen LogP) is 3.87. The van der Waals surface area contributed by atoms with Crippen molar-refractivity contribution in [2.24, 2.45) is 0 Å². The molecule has 1 aromatic carbocycles. The van der Waals surface area contributed by atoms with Gasteiger partial charge in [-0.05, 0) is 49.9 Å². The van der Waals surface area contributed by atoms with Gasteiger partial charge in [-0.3, -0.25) is 4.79 Å². The highest BCUT2D eigenvalue weighted by molar-refractivity contribution is 5.99. The fourth-order valence-electron chi connectivity index (χ4n) is 3.48. The topological polar surface area (TPSA) is 69.7 Å². The standard InChI is InChI=1S/C22H28N2O4/c1-4-13-28-20-10-9-19(16(2)23-20)24-21(25)22(11-14-27-15-12-22)17-5-7-18(26-3)8-6-17/h5-10H,4,11-15H2,1-3H3,(H,24,25). The number of ether oxygens (including phenoxy) is 3. The first kappa shape index (κ1) is 20.1. The summed E-state index contributed by atoms with van der Waals surface area (Å²) in [5, 5.41) is 3.09. The molecule has 1 aliphatic heterocycles. The van der Waals surface area contributed by atoms with E-state index in [9.17, 15) is 4.79 Å². The van der Waals surface area contributed by atoms with Crippen LogP contribution in [0.2, 0.25) is 0 Å². The highest BCUT2D eigenvalue weighted by Crippen LogP contribution is 2.37. The molecule has 0 atom stereocenters. The molecular formula is C22H28N2O4. The SMILES string of the molecule is CCCOc1ccc(NC(=O)C2(c3ccc(OC)cc3)CCOCC2)c(C)n1. The van der Waals surface area contributed by atoms with Crippen molar-refractivity contribution in [2.45, 2.75) is 38.5 Å². The van der Waals surface area contributed by atoms with Crippen LogP contribution in [0.4, 0.5) is 5.69 Å². The average molecular weight is 384 g/mol. The van der Waals surface area contributed by atoms with E-state index in [4.69, 9.17) is 14.2 Å². The summed E-state index contributed by atoms with van der Waals surface area (Å²) in [6.45, 7) is 5.66. The molecule has 2 heterocycles. The number of aryl methyl sites for hydroxylation is 1. The van der Waals surface area contributed by atoms with Crippen molar-refractivity contribution in [2.75, 3.05) is 32.2 Å². The lowest BCUT2D eigenvalue weighted by Gasteiger charge is -2.36. The third-order valence-electron chi connectivity index (χ3n) is 5.19. The Morgan fingerprint density at radius 3 is 2.50 bits per heavy atom. The van der Waals surface area contributed by atoms with Gasteiger partial charge in [-0.25, -0.2) is 4.98 Å². The molecule has 6 heteroatoms. The third-order valence-corrected chi connectivity index (χ3v) is 5.19. The van der Waals surface area contributed by atoms with Gasteiger partial charge >= 0.3 is 0 Å². The van der Waals surface area contributed by atoms with E-state index >= 15 is 0 Å². The maximum atomic E-state index is 13.4. The highest BCUT2D eigenvalue weighted by Gasteiger charge is 2.42. The Labute approximate surface area is 166 Å². The van der Waals surface area contributed by atoms with Crippen molar-refractivity contribution in [3.05, 3.63) is 47.7 Å². The Balaban J connectivity index is 1.84. The molecular weight excluding hydrogens is 356 g/mol. The molecule has 0 spiro atoms. The highest BCUT2D eigenvalue weighted by atomic mass is 16.5. The van der Waals surface area contributed by atoms with E-state index in [2.05, 4.69) is 10.3 Å². The molecule has 150 valence electrons. The normalized spacial score (nSPS) is 15.7. The minimum atomic E-state index is -0.631. The predicted molar refractivity (Wildman–Crippen MR) is 108 cm³/mol. The van der Waals surface area contributed by atoms with Crippen LogP contribution in [0.3, 0.4) is 0 Å². The zero-order chi connectivity index (χ0) is 20.0. The van der Waals surface area contributed by atoms with Gasteiger partial charge in [0.1, 0.15) is 5.75 Å². The van der Waals surface area contributed by atoms with Crippen molar-refractivity contribution in [3.63, 3.8) is 0 Å². The molecule has 1 saturated heterocycles. The van der Waals surface area contributed by atoms with Gasteiger partial charge in [0.15, 0.2) is 0 Å². The van der Waals surface area contributed by atoms with Crippen LogP contribution in [0.5, 0.6) is 11.6 Å². The van der Waals surface area contributed by atoms with Gasteiger partial charge in [0.2, 0.25) is 11.8 Å². The number of methoxy groups -OCH3 is 1. The van der Waals surface area contributed by atoms with E-state index in [1.807, 2.05) is 44.2 Å². The molecule has 0 bridgehead atoms. The monoisotopic (exact) mass is 384 g/mol. The van der Waals surface area contributed by atoms with Gasteiger partial charge in [-0.1, -0.05) is 19.1 Å². The van der Waals surface area contributed by atoms with Crippen LogP contribution in [0.25, 0.3) is 0 Å². The van der Waals surface area contributed by atoms with Gasteiger partial charge in [0, 0.05) is 19.3 Å². The van der Waals surface area contributed by atoms with Gasteiger partial charge in [-0.15, -0.1) is 0 Å². The van der Waals surface area contributed by atoms with Crippen LogP contribution >= 0.6 is 0 Å². The van der Waals surface area contributed by atoms with E-state index in [1.165, 1.54) is 0 Å². The largest absolute Gasteiger partial charge is 0.497 e. The van der Waals surface area contributed by atoms with Crippen LogP contribution in [0.15, 0.2) is 36.4 Å². The summed E-state index contributed by atoms with van der Waals surface area (Å²) in [4.78, 5) is 17.8. The number of benzene rings is 1. The van der Waals surface area contributed by atoms with Crippen molar-refractivity contribution >= 4 is 11.6 Å². The Kier molecular flexibility index (Phi) is 6.52. The lowest BCUT2D eigenvalue weighted by Crippen LogP contribution is -2.45. The zero-order valence-electron chi connectivity index (χ0n) is 16.8. The number of rotatable bonds is 7. The van der Waals surface area contributed by atoms with Gasteiger partial charge in [0.25, 0.3) is 0 Å². The molecule has 3 rings (SSSR count). The van der Waals surface area contributed by atoms with E-state index in [-0.39, 0.29) is 5.91 Å². The molecule has 0 saturated carbocycles. The minimum absolute atomic E-state index is 0.0342. The Bertz CT molecular complexity index is 799. The summed E-state index contributed by atoms with van der Waals surface area (Å²) < 4.78 is 16.4. The molecule has 2 aromatic rings. The molecule has 1 aliphatic rings. The number of carbonyl (C=O) groups is 1. The molecule has 28 heavy (non-hydrogen) atoms. The summed E-state index contributed by atoms with van der Waals surface area (Å²) in [7, 11) is 1.63. The second-order valence-electron chi connectivity index (χ2n) is 7.01. The van der Waals surface area contributed by atoms with Crippen LogP contribution in [0.1, 0.15) is 37.4 Å². The van der Waals surface area contributed by atoms with Crippen molar-refractivity contribution in [1.82, 2.24) is 4.98 Å². The average Bonchev–Trinajstić information content (AvgIpc) is 2.74. The van der Waals surface area contributed by atoms with Gasteiger partial charge < -0.3 is 19.5 Å². The second-order valence-corrected chi connectivity index (χ2v) is 7.01. The van der Waals surface area contributed by atoms with E-state index in [1.54, 1.807) is 13.2 Å². The second kappa shape index (κ2) is 9.06. The van der Waals surface area contributed by atoms with Crippen LogP contribution in [-0.2, 0) is 14.9 Å². The number of pyridine rings is 1. The van der Waals surface area contributed by atoms with Crippen molar-refractivity contribution in [1.29, 1.82) is 0 Å². The summed E-state index contributed by atoms with van der Waals surface area (Å²) in [5.74, 6) is 1.32. The molecule has 6 nitrogen and oxygen atoms in total. The number of aromatic nitrogens is 1. The van der Waals surface area contributed by atoms with E-state index in [0.717, 1.165) is 23.4 Å². The van der Waals surface area contributed by atoms with Crippen LogP contribution in [-0.4, -0.2) is 37.8 Å². The first-order chi connectivity index (χ1) is 13.6. The van der Waals surface area contributed by atoms with E-state index in [0.29, 0.717) is 44.2 Å². The fraction of sp³-hybridized carbons (Fsp3) is 0.455. The third kappa shape index (κ3) is 4.28. The lowest BCUT2D eigenvalue weighted by molar-refractivity contribution is -0.125. The molecule has 0 radical (unpaired) electrons. The van der Waals surface area contributed by atoms with Crippen LogP contribution < -0.4 is 14.8 Å². The number of anilines is 1. The quantitative estimate of drug-likeness (QED) is 0.785. The summed E-state index contributed by atoms with van der Waals surface area (Å²) in [5.41, 5.74) is 1.78. The lowest BCUT2D eigenvalue weighted by atomic mass is 9.73. The Morgan fingerprint density at radius 2 is 1.89 bits per heavy atom. The zero-order valence-corrected chi connectivity index (χ0v) is 16.8. The summed E-state index contributed by atoms with van der Waals surface area (Å²) in [6, 6.07) is 11.4. The summed E-state index contributed by atoms with van der Waals surface area (Å²) >= 11 is 0. The number of carbonyl (C=O) groups excluding carboxylic acids is 1. The minimum Gasteiger partial charge on any atom is -0.497 e. The number of hydrogen-bond donors (Lipinski definition) is 1. The fourth-order valence-corrected chi connectivity index (χ4v) is 3.48. The first-order valence-electron chi connectivity index (χ1n) is 9.73. The number of amides is 1. The van der Waals surface area contributed by atoms with Gasteiger partial charge in [-0.2, -0.15) is 0 Å². The van der Waals surface area contributed by atoms with Crippen molar-refractivity contribution in [3.8, 4) is 11.6 Å². The maximum absolute atomic E-state index is 13.4. The summed E-state index contributed by atoms with van der Waals surface area (Å²) in [6.07, 6.45) is 2.19.